The maximum Gasteiger partial charge on any atom is 0.310 e. The standard InChI is InChI=1S/C13H18O2.C6H12O6/c1-9(2)8-11-4-6-12(7-5-11)10(3)13(14)15;7-1-2-3(8)4(9)5(10)6(11)12-2/h4-7,9-10H,8H2,1-3H3,(H,14,15);2-11H,1H2/t;2-,3-,4+,5-,6?/m.1/s1. The van der Waals surface area contributed by atoms with Gasteiger partial charge in [-0.15, -0.1) is 0 Å². The average Bonchev–Trinajstić information content (AvgIpc) is 2.63. The van der Waals surface area contributed by atoms with E-state index in [-0.39, 0.29) is 0 Å². The Bertz CT molecular complexity index is 569. The minimum Gasteiger partial charge on any atom is -0.481 e. The third-order valence-electron chi connectivity index (χ3n) is 4.36. The predicted molar refractivity (Wildman–Crippen MR) is 97.0 cm³/mol. The lowest BCUT2D eigenvalue weighted by Gasteiger charge is -2.37. The summed E-state index contributed by atoms with van der Waals surface area (Å²) in [6, 6.07) is 7.87. The molecular weight excluding hydrogens is 356 g/mol. The van der Waals surface area contributed by atoms with Crippen LogP contribution in [0.5, 0.6) is 0 Å². The van der Waals surface area contributed by atoms with Crippen LogP contribution in [0, 0.1) is 5.92 Å². The van der Waals surface area contributed by atoms with Crippen molar-refractivity contribution in [2.24, 2.45) is 5.92 Å². The number of hydrogen-bond donors (Lipinski definition) is 6. The van der Waals surface area contributed by atoms with Crippen LogP contribution in [0.1, 0.15) is 37.8 Å². The fourth-order valence-electron chi connectivity index (χ4n) is 2.64. The van der Waals surface area contributed by atoms with Crippen LogP contribution >= 0.6 is 0 Å². The van der Waals surface area contributed by atoms with Gasteiger partial charge in [0.15, 0.2) is 6.29 Å². The maximum absolute atomic E-state index is 10.8. The Labute approximate surface area is 158 Å². The highest BCUT2D eigenvalue weighted by atomic mass is 16.6. The van der Waals surface area contributed by atoms with E-state index in [9.17, 15) is 4.79 Å². The Kier molecular flexibility index (Phi) is 9.31. The van der Waals surface area contributed by atoms with Crippen molar-refractivity contribution in [2.45, 2.75) is 63.8 Å². The molecule has 0 amide bonds. The second-order valence-electron chi connectivity index (χ2n) is 7.12. The summed E-state index contributed by atoms with van der Waals surface area (Å²) in [4.78, 5) is 10.8. The Hall–Kier alpha value is -1.55. The molecule has 6 atom stereocenters. The molecular formula is C19H30O8. The molecule has 0 radical (unpaired) electrons. The quantitative estimate of drug-likeness (QED) is 0.409. The van der Waals surface area contributed by atoms with Gasteiger partial charge in [0.05, 0.1) is 12.5 Å². The summed E-state index contributed by atoms with van der Waals surface area (Å²) >= 11 is 0. The van der Waals surface area contributed by atoms with Crippen LogP contribution in [0.2, 0.25) is 0 Å². The van der Waals surface area contributed by atoms with E-state index >= 15 is 0 Å². The molecule has 0 aromatic heterocycles. The van der Waals surface area contributed by atoms with Crippen LogP contribution < -0.4 is 0 Å². The van der Waals surface area contributed by atoms with Gasteiger partial charge in [-0.2, -0.15) is 0 Å². The van der Waals surface area contributed by atoms with Gasteiger partial charge in [-0.3, -0.25) is 4.79 Å². The number of ether oxygens (including phenoxy) is 1. The summed E-state index contributed by atoms with van der Waals surface area (Å²) in [7, 11) is 0. The minimum atomic E-state index is -1.57. The smallest absolute Gasteiger partial charge is 0.310 e. The van der Waals surface area contributed by atoms with Crippen LogP contribution in [-0.2, 0) is 16.0 Å². The summed E-state index contributed by atoms with van der Waals surface area (Å²) in [5.74, 6) is -0.558. The van der Waals surface area contributed by atoms with Gasteiger partial charge in [0.2, 0.25) is 0 Å². The number of carbonyl (C=O) groups is 1. The van der Waals surface area contributed by atoms with Crippen molar-refractivity contribution in [2.75, 3.05) is 6.61 Å². The number of hydrogen-bond acceptors (Lipinski definition) is 7. The molecule has 1 saturated heterocycles. The van der Waals surface area contributed by atoms with Crippen molar-refractivity contribution in [1.29, 1.82) is 0 Å². The van der Waals surface area contributed by atoms with E-state index in [2.05, 4.69) is 18.6 Å². The molecule has 1 aliphatic heterocycles. The molecule has 0 bridgehead atoms. The van der Waals surface area contributed by atoms with Crippen LogP contribution in [0.25, 0.3) is 0 Å². The molecule has 8 nitrogen and oxygen atoms in total. The van der Waals surface area contributed by atoms with Crippen LogP contribution in [-0.4, -0.2) is 73.9 Å². The average molecular weight is 386 g/mol. The van der Waals surface area contributed by atoms with Crippen molar-refractivity contribution in [3.05, 3.63) is 35.4 Å². The molecule has 1 aromatic carbocycles. The van der Waals surface area contributed by atoms with E-state index in [1.54, 1.807) is 6.92 Å². The molecule has 2 rings (SSSR count). The van der Waals surface area contributed by atoms with E-state index in [1.807, 2.05) is 24.3 Å². The molecule has 27 heavy (non-hydrogen) atoms. The molecule has 6 N–H and O–H groups in total. The van der Waals surface area contributed by atoms with Gasteiger partial charge in [-0.1, -0.05) is 38.1 Å². The highest BCUT2D eigenvalue weighted by molar-refractivity contribution is 5.75. The lowest BCUT2D eigenvalue weighted by atomic mass is 9.97. The van der Waals surface area contributed by atoms with Gasteiger partial charge in [0, 0.05) is 0 Å². The lowest BCUT2D eigenvalue weighted by Crippen LogP contribution is -2.58. The third-order valence-corrected chi connectivity index (χ3v) is 4.36. The summed E-state index contributed by atoms with van der Waals surface area (Å²) < 4.78 is 4.58. The summed E-state index contributed by atoms with van der Waals surface area (Å²) in [5.41, 5.74) is 2.14. The minimum absolute atomic E-state index is 0.418. The maximum atomic E-state index is 10.8. The fraction of sp³-hybridized carbons (Fsp3) is 0.632. The first-order valence-electron chi connectivity index (χ1n) is 8.88. The lowest BCUT2D eigenvalue weighted by molar-refractivity contribution is -0.286. The topological polar surface area (TPSA) is 148 Å². The number of carboxylic acid groups (broad SMARTS) is 1. The Morgan fingerprint density at radius 1 is 1.00 bits per heavy atom. The van der Waals surface area contributed by atoms with Gasteiger partial charge >= 0.3 is 5.97 Å². The number of benzene rings is 1. The Balaban J connectivity index is 0.000000277. The normalized spacial score (nSPS) is 29.0. The van der Waals surface area contributed by atoms with E-state index in [0.29, 0.717) is 5.92 Å². The molecule has 0 aliphatic carbocycles. The van der Waals surface area contributed by atoms with Crippen molar-refractivity contribution in [3.8, 4) is 0 Å². The molecule has 8 heteroatoms. The fourth-order valence-corrected chi connectivity index (χ4v) is 2.64. The monoisotopic (exact) mass is 386 g/mol. The summed E-state index contributed by atoms with van der Waals surface area (Å²) in [6.07, 6.45) is -6.00. The van der Waals surface area contributed by atoms with E-state index in [4.69, 9.17) is 30.6 Å². The second kappa shape index (κ2) is 10.7. The number of carboxylic acids is 1. The number of aliphatic hydroxyl groups excluding tert-OH is 5. The third kappa shape index (κ3) is 6.84. The highest BCUT2D eigenvalue weighted by Gasteiger charge is 2.42. The predicted octanol–water partition coefficient (Wildman–Crippen LogP) is -0.148. The van der Waals surface area contributed by atoms with Gasteiger partial charge in [-0.05, 0) is 30.4 Å². The van der Waals surface area contributed by atoms with Crippen LogP contribution in [0.15, 0.2) is 24.3 Å². The molecule has 0 spiro atoms. The first-order chi connectivity index (χ1) is 12.6. The highest BCUT2D eigenvalue weighted by Crippen LogP contribution is 2.19. The molecule has 154 valence electrons. The first kappa shape index (κ1) is 23.5. The zero-order chi connectivity index (χ0) is 20.7. The first-order valence-corrected chi connectivity index (χ1v) is 8.88. The molecule has 2 unspecified atom stereocenters. The van der Waals surface area contributed by atoms with Crippen LogP contribution in [0.4, 0.5) is 0 Å². The van der Waals surface area contributed by atoms with Crippen molar-refractivity contribution >= 4 is 5.97 Å². The summed E-state index contributed by atoms with van der Waals surface area (Å²) in [5, 5.41) is 53.5. The van der Waals surface area contributed by atoms with Gasteiger partial charge < -0.3 is 35.4 Å². The number of aliphatic carboxylic acids is 1. The molecule has 1 fully saturated rings. The molecule has 0 saturated carbocycles. The van der Waals surface area contributed by atoms with Gasteiger partial charge in [0.25, 0.3) is 0 Å². The summed E-state index contributed by atoms with van der Waals surface area (Å²) in [6.45, 7) is 5.53. The SMILES string of the molecule is CC(C)Cc1ccc(C(C)C(=O)O)cc1.OC[C@H]1OC(O)[C@H](O)[C@@H](O)[C@@H]1O. The van der Waals surface area contributed by atoms with Crippen molar-refractivity contribution in [1.82, 2.24) is 0 Å². The Morgan fingerprint density at radius 2 is 1.56 bits per heavy atom. The van der Waals surface area contributed by atoms with E-state index < -0.39 is 49.2 Å². The Morgan fingerprint density at radius 3 is 2.00 bits per heavy atom. The van der Waals surface area contributed by atoms with E-state index in [1.165, 1.54) is 5.56 Å². The molecule has 1 aliphatic rings. The zero-order valence-corrected chi connectivity index (χ0v) is 15.8. The number of rotatable bonds is 5. The molecule has 1 aromatic rings. The second-order valence-corrected chi connectivity index (χ2v) is 7.12. The van der Waals surface area contributed by atoms with E-state index in [0.717, 1.165) is 12.0 Å². The molecule has 1 heterocycles. The van der Waals surface area contributed by atoms with Gasteiger partial charge in [0.1, 0.15) is 24.4 Å². The zero-order valence-electron chi connectivity index (χ0n) is 15.8. The van der Waals surface area contributed by atoms with Crippen LogP contribution in [0.3, 0.4) is 0 Å². The van der Waals surface area contributed by atoms with Gasteiger partial charge in [-0.25, -0.2) is 0 Å². The van der Waals surface area contributed by atoms with Crippen molar-refractivity contribution < 1.29 is 40.2 Å². The largest absolute Gasteiger partial charge is 0.481 e. The number of aliphatic hydroxyl groups is 5. The van der Waals surface area contributed by atoms with Crippen molar-refractivity contribution in [3.63, 3.8) is 0 Å².